The van der Waals surface area contributed by atoms with Crippen LogP contribution in [0.2, 0.25) is 0 Å². The van der Waals surface area contributed by atoms with E-state index in [4.69, 9.17) is 9.47 Å². The van der Waals surface area contributed by atoms with Crippen LogP contribution in [0.1, 0.15) is 5.56 Å². The monoisotopic (exact) mass is 344 g/mol. The average Bonchev–Trinajstić information content (AvgIpc) is 2.38. The summed E-state index contributed by atoms with van der Waals surface area (Å²) in [5.41, 5.74) is 1.08. The van der Waals surface area contributed by atoms with Gasteiger partial charge in [0.15, 0.2) is 6.61 Å². The van der Waals surface area contributed by atoms with Crippen molar-refractivity contribution in [1.82, 2.24) is 10.6 Å². The Morgan fingerprint density at radius 1 is 1.35 bits per heavy atom. The number of carbonyl (C=O) groups excluding carboxylic acids is 2. The minimum atomic E-state index is -0.571. The number of halogens is 1. The molecule has 0 spiro atoms. The Bertz CT molecular complexity index is 479. The first-order valence-corrected chi connectivity index (χ1v) is 6.78. The van der Waals surface area contributed by atoms with Crippen LogP contribution in [0.3, 0.4) is 0 Å². The summed E-state index contributed by atoms with van der Waals surface area (Å²) >= 11 is 3.34. The highest BCUT2D eigenvalue weighted by Crippen LogP contribution is 2.25. The molecule has 0 aliphatic rings. The molecule has 0 fully saturated rings. The van der Waals surface area contributed by atoms with Crippen LogP contribution in [0.4, 0.5) is 4.79 Å². The normalized spacial score (nSPS) is 9.95. The largest absolute Gasteiger partial charge is 0.483 e. The molecule has 6 nitrogen and oxygen atoms in total. The predicted molar refractivity (Wildman–Crippen MR) is 77.8 cm³/mol. The molecule has 0 aliphatic heterocycles. The molecule has 7 heteroatoms. The summed E-state index contributed by atoms with van der Waals surface area (Å²) in [6, 6.07) is 4.93. The molecular formula is C13H17BrN2O4. The van der Waals surface area contributed by atoms with Crippen molar-refractivity contribution in [3.63, 3.8) is 0 Å². The molecule has 1 rings (SSSR count). The number of urea groups is 1. The van der Waals surface area contributed by atoms with Crippen LogP contribution >= 0.6 is 15.9 Å². The van der Waals surface area contributed by atoms with Crippen LogP contribution in [0.5, 0.6) is 5.75 Å². The molecule has 110 valence electrons. The summed E-state index contributed by atoms with van der Waals surface area (Å²) < 4.78 is 10.8. The van der Waals surface area contributed by atoms with Crippen molar-refractivity contribution in [2.45, 2.75) is 6.92 Å². The summed E-state index contributed by atoms with van der Waals surface area (Å²) in [6.07, 6.45) is 0. The molecule has 0 aromatic heterocycles. The Balaban J connectivity index is 2.34. The Morgan fingerprint density at radius 2 is 2.10 bits per heavy atom. The second-order valence-corrected chi connectivity index (χ2v) is 4.87. The van der Waals surface area contributed by atoms with Crippen LogP contribution in [-0.2, 0) is 9.53 Å². The molecule has 0 bridgehead atoms. The number of aryl methyl sites for hydroxylation is 1. The minimum absolute atomic E-state index is 0.237. The number of methoxy groups -OCH3 is 1. The summed E-state index contributed by atoms with van der Waals surface area (Å²) in [4.78, 5) is 22.8. The van der Waals surface area contributed by atoms with Crippen molar-refractivity contribution in [3.8, 4) is 5.75 Å². The second kappa shape index (κ2) is 8.55. The summed E-state index contributed by atoms with van der Waals surface area (Å²) in [6.45, 7) is 2.43. The maximum Gasteiger partial charge on any atom is 0.321 e. The third-order valence-corrected chi connectivity index (χ3v) is 2.91. The molecule has 2 N–H and O–H groups in total. The van der Waals surface area contributed by atoms with E-state index in [1.54, 1.807) is 6.07 Å². The average molecular weight is 345 g/mol. The van der Waals surface area contributed by atoms with Crippen LogP contribution in [0.15, 0.2) is 22.7 Å². The smallest absolute Gasteiger partial charge is 0.321 e. The highest BCUT2D eigenvalue weighted by atomic mass is 79.9. The maximum absolute atomic E-state index is 11.5. The van der Waals surface area contributed by atoms with Gasteiger partial charge in [-0.25, -0.2) is 4.79 Å². The number of imide groups is 1. The SMILES string of the molecule is COCCNC(=O)NC(=O)COc1ccc(C)cc1Br. The van der Waals surface area contributed by atoms with Gasteiger partial charge in [0.1, 0.15) is 5.75 Å². The highest BCUT2D eigenvalue weighted by molar-refractivity contribution is 9.10. The first-order chi connectivity index (χ1) is 9.52. The highest BCUT2D eigenvalue weighted by Gasteiger charge is 2.09. The van der Waals surface area contributed by atoms with E-state index in [0.717, 1.165) is 10.0 Å². The standard InChI is InChI=1S/C13H17BrN2O4/c1-9-3-4-11(10(14)7-9)20-8-12(17)16-13(18)15-5-6-19-2/h3-4,7H,5-6,8H2,1-2H3,(H2,15,16,17,18). The minimum Gasteiger partial charge on any atom is -0.483 e. The molecule has 0 saturated carbocycles. The van der Waals surface area contributed by atoms with Crippen LogP contribution in [0.25, 0.3) is 0 Å². The van der Waals surface area contributed by atoms with E-state index in [1.165, 1.54) is 7.11 Å². The lowest BCUT2D eigenvalue weighted by Crippen LogP contribution is -2.42. The summed E-state index contributed by atoms with van der Waals surface area (Å²) in [5.74, 6) is 0.0259. The number of nitrogens with one attached hydrogen (secondary N) is 2. The Hall–Kier alpha value is -1.60. The fourth-order valence-electron chi connectivity index (χ4n) is 1.34. The number of amides is 3. The van der Waals surface area contributed by atoms with Gasteiger partial charge in [-0.15, -0.1) is 0 Å². The quantitative estimate of drug-likeness (QED) is 0.768. The van der Waals surface area contributed by atoms with E-state index in [1.807, 2.05) is 19.1 Å². The van der Waals surface area contributed by atoms with Crippen molar-refractivity contribution < 1.29 is 19.1 Å². The Morgan fingerprint density at radius 3 is 2.75 bits per heavy atom. The molecule has 3 amide bonds. The number of rotatable bonds is 6. The van der Waals surface area contributed by atoms with E-state index in [2.05, 4.69) is 26.6 Å². The van der Waals surface area contributed by atoms with Gasteiger partial charge in [-0.3, -0.25) is 10.1 Å². The zero-order valence-electron chi connectivity index (χ0n) is 11.4. The van der Waals surface area contributed by atoms with E-state index >= 15 is 0 Å². The van der Waals surface area contributed by atoms with E-state index in [9.17, 15) is 9.59 Å². The molecule has 0 unspecified atom stereocenters. The predicted octanol–water partition coefficient (Wildman–Crippen LogP) is 1.61. The number of hydrogen-bond acceptors (Lipinski definition) is 4. The summed E-state index contributed by atoms with van der Waals surface area (Å²) in [5, 5.41) is 4.63. The molecule has 20 heavy (non-hydrogen) atoms. The third-order valence-electron chi connectivity index (χ3n) is 2.29. The Kier molecular flexibility index (Phi) is 7.03. The lowest BCUT2D eigenvalue weighted by atomic mass is 10.2. The molecule has 1 aromatic rings. The zero-order chi connectivity index (χ0) is 15.0. The first kappa shape index (κ1) is 16.5. The second-order valence-electron chi connectivity index (χ2n) is 4.02. The molecule has 0 radical (unpaired) electrons. The van der Waals surface area contributed by atoms with E-state index < -0.39 is 11.9 Å². The van der Waals surface area contributed by atoms with Gasteiger partial charge in [0, 0.05) is 13.7 Å². The number of carbonyl (C=O) groups is 2. The Labute approximate surface area is 126 Å². The van der Waals surface area contributed by atoms with E-state index in [0.29, 0.717) is 18.9 Å². The van der Waals surface area contributed by atoms with Gasteiger partial charge in [-0.05, 0) is 40.5 Å². The first-order valence-electron chi connectivity index (χ1n) is 5.98. The van der Waals surface area contributed by atoms with Gasteiger partial charge in [-0.2, -0.15) is 0 Å². The lowest BCUT2D eigenvalue weighted by Gasteiger charge is -2.09. The van der Waals surface area contributed by atoms with Crippen molar-refractivity contribution in [2.24, 2.45) is 0 Å². The van der Waals surface area contributed by atoms with Crippen molar-refractivity contribution in [3.05, 3.63) is 28.2 Å². The van der Waals surface area contributed by atoms with Crippen molar-refractivity contribution in [1.29, 1.82) is 0 Å². The lowest BCUT2D eigenvalue weighted by molar-refractivity contribution is -0.122. The van der Waals surface area contributed by atoms with Gasteiger partial charge in [-0.1, -0.05) is 6.07 Å². The number of benzene rings is 1. The van der Waals surface area contributed by atoms with Gasteiger partial charge in [0.25, 0.3) is 5.91 Å². The fourth-order valence-corrected chi connectivity index (χ4v) is 1.95. The maximum atomic E-state index is 11.5. The molecule has 0 saturated heterocycles. The molecular weight excluding hydrogens is 328 g/mol. The fraction of sp³-hybridized carbons (Fsp3) is 0.385. The van der Waals surface area contributed by atoms with Gasteiger partial charge >= 0.3 is 6.03 Å². The van der Waals surface area contributed by atoms with E-state index in [-0.39, 0.29) is 6.61 Å². The number of hydrogen-bond donors (Lipinski definition) is 2. The molecule has 0 aliphatic carbocycles. The molecule has 0 atom stereocenters. The van der Waals surface area contributed by atoms with Gasteiger partial charge in [0.2, 0.25) is 0 Å². The van der Waals surface area contributed by atoms with Gasteiger partial charge < -0.3 is 14.8 Å². The van der Waals surface area contributed by atoms with Crippen LogP contribution < -0.4 is 15.4 Å². The van der Waals surface area contributed by atoms with Crippen LogP contribution in [0, 0.1) is 6.92 Å². The zero-order valence-corrected chi connectivity index (χ0v) is 13.0. The van der Waals surface area contributed by atoms with Gasteiger partial charge in [0.05, 0.1) is 11.1 Å². The van der Waals surface area contributed by atoms with Crippen LogP contribution in [-0.4, -0.2) is 38.8 Å². The van der Waals surface area contributed by atoms with Crippen molar-refractivity contribution in [2.75, 3.05) is 26.9 Å². The molecule has 1 aromatic carbocycles. The molecule has 0 heterocycles. The summed E-state index contributed by atoms with van der Waals surface area (Å²) in [7, 11) is 1.53. The topological polar surface area (TPSA) is 76.7 Å². The number of ether oxygens (including phenoxy) is 2. The third kappa shape index (κ3) is 6.03. The van der Waals surface area contributed by atoms with Crippen molar-refractivity contribution >= 4 is 27.9 Å².